The minimum absolute atomic E-state index is 0.0144. The van der Waals surface area contributed by atoms with Gasteiger partial charge in [-0.3, -0.25) is 9.59 Å². The largest absolute Gasteiger partial charge is 0.338 e. The second-order valence-corrected chi connectivity index (χ2v) is 7.52. The van der Waals surface area contributed by atoms with Crippen LogP contribution < -0.4 is 5.43 Å². The molecule has 2 aliphatic rings. The van der Waals surface area contributed by atoms with Crippen LogP contribution in [0.25, 0.3) is 10.9 Å². The van der Waals surface area contributed by atoms with Gasteiger partial charge in [0.15, 0.2) is 5.43 Å². The molecule has 25 heavy (non-hydrogen) atoms. The van der Waals surface area contributed by atoms with Crippen molar-refractivity contribution in [1.82, 2.24) is 9.47 Å². The number of benzene rings is 1. The summed E-state index contributed by atoms with van der Waals surface area (Å²) in [4.78, 5) is 27.2. The lowest BCUT2D eigenvalue weighted by atomic mass is 9.83. The normalized spacial score (nSPS) is 21.8. The van der Waals surface area contributed by atoms with Gasteiger partial charge in [-0.2, -0.15) is 0 Å². The number of carbonyl (C=O) groups excluding carboxylic acids is 1. The SMILES string of the molecule is O=C(Cn1ccc(=O)c2ccccc21)N1CCCC1C1CCCCC1. The summed E-state index contributed by atoms with van der Waals surface area (Å²) in [7, 11) is 0. The summed E-state index contributed by atoms with van der Waals surface area (Å²) >= 11 is 0. The summed E-state index contributed by atoms with van der Waals surface area (Å²) in [6.45, 7) is 1.21. The zero-order chi connectivity index (χ0) is 17.2. The molecule has 4 nitrogen and oxygen atoms in total. The Morgan fingerprint density at radius 1 is 1.00 bits per heavy atom. The molecule has 2 fully saturated rings. The second-order valence-electron chi connectivity index (χ2n) is 7.52. The first kappa shape index (κ1) is 16.4. The Bertz CT molecular complexity index is 820. The maximum absolute atomic E-state index is 13.0. The third-order valence-electron chi connectivity index (χ3n) is 6.00. The van der Waals surface area contributed by atoms with Gasteiger partial charge in [0.05, 0.1) is 5.52 Å². The van der Waals surface area contributed by atoms with Crippen molar-refractivity contribution >= 4 is 16.8 Å². The van der Waals surface area contributed by atoms with Crippen LogP contribution in [0.5, 0.6) is 0 Å². The Kier molecular flexibility index (Phi) is 4.60. The number of hydrogen-bond acceptors (Lipinski definition) is 2. The van der Waals surface area contributed by atoms with E-state index in [4.69, 9.17) is 0 Å². The van der Waals surface area contributed by atoms with Crippen LogP contribution in [-0.2, 0) is 11.3 Å². The van der Waals surface area contributed by atoms with Crippen molar-refractivity contribution in [2.45, 2.75) is 57.5 Å². The third-order valence-corrected chi connectivity index (χ3v) is 6.00. The van der Waals surface area contributed by atoms with E-state index in [1.54, 1.807) is 12.3 Å². The molecular formula is C21H26N2O2. The molecular weight excluding hydrogens is 312 g/mol. The molecule has 1 unspecified atom stereocenters. The number of nitrogens with zero attached hydrogens (tertiary/aromatic N) is 2. The molecule has 1 aliphatic carbocycles. The average molecular weight is 338 g/mol. The predicted octanol–water partition coefficient (Wildman–Crippen LogP) is 3.57. The minimum atomic E-state index is 0.0144. The van der Waals surface area contributed by atoms with Crippen molar-refractivity contribution in [1.29, 1.82) is 0 Å². The number of aromatic nitrogens is 1. The van der Waals surface area contributed by atoms with E-state index >= 15 is 0 Å². The van der Waals surface area contributed by atoms with Gasteiger partial charge >= 0.3 is 0 Å². The maximum atomic E-state index is 13.0. The third kappa shape index (κ3) is 3.22. The lowest BCUT2D eigenvalue weighted by Crippen LogP contribution is -2.42. The standard InChI is InChI=1S/C21H26N2O2/c24-20-12-14-22(19-10-5-4-9-17(19)20)15-21(25)23-13-6-11-18(23)16-7-2-1-3-8-16/h4-5,9-10,12,14,16,18H,1-3,6-8,11,13,15H2. The molecule has 132 valence electrons. The summed E-state index contributed by atoms with van der Waals surface area (Å²) in [5.74, 6) is 0.882. The van der Waals surface area contributed by atoms with Crippen LogP contribution in [0.1, 0.15) is 44.9 Å². The fourth-order valence-electron chi connectivity index (χ4n) is 4.75. The fourth-order valence-corrected chi connectivity index (χ4v) is 4.75. The van der Waals surface area contributed by atoms with Gasteiger partial charge in [-0.05, 0) is 43.7 Å². The highest BCUT2D eigenvalue weighted by Crippen LogP contribution is 2.34. The quantitative estimate of drug-likeness (QED) is 0.858. The molecule has 1 aliphatic heterocycles. The molecule has 1 aromatic heterocycles. The molecule has 4 rings (SSSR count). The van der Waals surface area contributed by atoms with E-state index in [-0.39, 0.29) is 11.3 Å². The van der Waals surface area contributed by atoms with Crippen LogP contribution in [-0.4, -0.2) is 28.0 Å². The van der Waals surface area contributed by atoms with Gasteiger partial charge in [-0.1, -0.05) is 31.4 Å². The zero-order valence-corrected chi connectivity index (χ0v) is 14.7. The summed E-state index contributed by atoms with van der Waals surface area (Å²) in [6, 6.07) is 9.54. The monoisotopic (exact) mass is 338 g/mol. The summed E-state index contributed by atoms with van der Waals surface area (Å²) in [5, 5.41) is 0.683. The number of hydrogen-bond donors (Lipinski definition) is 0. The van der Waals surface area contributed by atoms with Gasteiger partial charge in [0.1, 0.15) is 6.54 Å². The smallest absolute Gasteiger partial charge is 0.242 e. The number of carbonyl (C=O) groups is 1. The van der Waals surface area contributed by atoms with Gasteiger partial charge in [0.2, 0.25) is 5.91 Å². The molecule has 1 atom stereocenters. The number of pyridine rings is 1. The number of rotatable bonds is 3. The van der Waals surface area contributed by atoms with Gasteiger partial charge in [-0.15, -0.1) is 0 Å². The summed E-state index contributed by atoms with van der Waals surface area (Å²) in [6.07, 6.45) is 10.6. The minimum Gasteiger partial charge on any atom is -0.338 e. The lowest BCUT2D eigenvalue weighted by Gasteiger charge is -2.34. The van der Waals surface area contributed by atoms with Crippen LogP contribution in [0.4, 0.5) is 0 Å². The Morgan fingerprint density at radius 3 is 2.64 bits per heavy atom. The molecule has 1 aromatic carbocycles. The number of amides is 1. The van der Waals surface area contributed by atoms with Gasteiger partial charge in [-0.25, -0.2) is 0 Å². The number of likely N-dealkylation sites (tertiary alicyclic amines) is 1. The van der Waals surface area contributed by atoms with Crippen molar-refractivity contribution in [3.63, 3.8) is 0 Å². The van der Waals surface area contributed by atoms with Gasteiger partial charge in [0, 0.05) is 30.2 Å². The van der Waals surface area contributed by atoms with Crippen LogP contribution in [0.3, 0.4) is 0 Å². The van der Waals surface area contributed by atoms with Crippen molar-refractivity contribution in [2.24, 2.45) is 5.92 Å². The molecule has 0 radical (unpaired) electrons. The van der Waals surface area contributed by atoms with Crippen LogP contribution in [0, 0.1) is 5.92 Å². The molecule has 0 bridgehead atoms. The van der Waals surface area contributed by atoms with E-state index in [1.807, 2.05) is 28.8 Å². The van der Waals surface area contributed by atoms with Crippen LogP contribution in [0.15, 0.2) is 41.3 Å². The molecule has 1 saturated carbocycles. The van der Waals surface area contributed by atoms with Crippen LogP contribution in [0.2, 0.25) is 0 Å². The number of para-hydroxylation sites is 1. The Balaban J connectivity index is 1.55. The molecule has 2 aromatic rings. The van der Waals surface area contributed by atoms with E-state index in [1.165, 1.54) is 32.1 Å². The van der Waals surface area contributed by atoms with Crippen LogP contribution >= 0.6 is 0 Å². The maximum Gasteiger partial charge on any atom is 0.242 e. The van der Waals surface area contributed by atoms with Gasteiger partial charge in [0.25, 0.3) is 0 Å². The van der Waals surface area contributed by atoms with Crippen molar-refractivity contribution in [3.8, 4) is 0 Å². The summed E-state index contributed by atoms with van der Waals surface area (Å²) in [5.41, 5.74) is 0.859. The number of fused-ring (bicyclic) bond motifs is 1. The predicted molar refractivity (Wildman–Crippen MR) is 99.5 cm³/mol. The van der Waals surface area contributed by atoms with Gasteiger partial charge < -0.3 is 9.47 Å². The highest BCUT2D eigenvalue weighted by molar-refractivity contribution is 5.82. The Hall–Kier alpha value is -2.10. The fraction of sp³-hybridized carbons (Fsp3) is 0.524. The molecule has 1 saturated heterocycles. The Labute approximate surface area is 148 Å². The first-order valence-corrected chi connectivity index (χ1v) is 9.62. The van der Waals surface area contributed by atoms with E-state index in [0.717, 1.165) is 24.9 Å². The van der Waals surface area contributed by atoms with E-state index < -0.39 is 0 Å². The van der Waals surface area contributed by atoms with E-state index in [0.29, 0.717) is 23.9 Å². The second kappa shape index (κ2) is 7.03. The van der Waals surface area contributed by atoms with Crippen molar-refractivity contribution in [2.75, 3.05) is 6.54 Å². The lowest BCUT2D eigenvalue weighted by molar-refractivity contribution is -0.133. The van der Waals surface area contributed by atoms with E-state index in [9.17, 15) is 9.59 Å². The van der Waals surface area contributed by atoms with E-state index in [2.05, 4.69) is 4.90 Å². The van der Waals surface area contributed by atoms with Crippen molar-refractivity contribution < 1.29 is 4.79 Å². The first-order valence-electron chi connectivity index (χ1n) is 9.62. The van der Waals surface area contributed by atoms with Crippen molar-refractivity contribution in [3.05, 3.63) is 46.8 Å². The molecule has 1 amide bonds. The highest BCUT2D eigenvalue weighted by Gasteiger charge is 2.35. The summed E-state index contributed by atoms with van der Waals surface area (Å²) < 4.78 is 1.93. The highest BCUT2D eigenvalue weighted by atomic mass is 16.2. The topological polar surface area (TPSA) is 42.3 Å². The molecule has 0 spiro atoms. The first-order chi connectivity index (χ1) is 12.2. The average Bonchev–Trinajstić information content (AvgIpc) is 3.15. The molecule has 2 heterocycles. The molecule has 0 N–H and O–H groups in total. The zero-order valence-electron chi connectivity index (χ0n) is 14.7. The molecule has 4 heteroatoms. The Morgan fingerprint density at radius 2 is 1.80 bits per heavy atom.